The minimum Gasteiger partial charge on any atom is -0.476 e. The van der Waals surface area contributed by atoms with Gasteiger partial charge in [-0.05, 0) is 13.4 Å². The van der Waals surface area contributed by atoms with Crippen LogP contribution in [0.4, 0.5) is 0 Å². The fourth-order valence-electron chi connectivity index (χ4n) is 1.08. The van der Waals surface area contributed by atoms with Crippen LogP contribution < -0.4 is 0 Å². The molecule has 66 valence electrons. The van der Waals surface area contributed by atoms with Gasteiger partial charge >= 0.3 is 5.97 Å². The fourth-order valence-corrected chi connectivity index (χ4v) is 1.08. The van der Waals surface area contributed by atoms with Crippen LogP contribution in [-0.2, 0) is 6.44 Å². The van der Waals surface area contributed by atoms with E-state index in [2.05, 4.69) is 4.98 Å². The minimum atomic E-state index is -1.16. The molecule has 1 aromatic rings. The molecule has 0 aliphatic rings. The van der Waals surface area contributed by atoms with E-state index in [0.29, 0.717) is 12.0 Å². The number of imidazole rings is 1. The van der Waals surface area contributed by atoms with Crippen LogP contribution in [0.1, 0.15) is 26.8 Å². The molecule has 1 rings (SSSR count). The Kier molecular flexibility index (Phi) is 2.50. The van der Waals surface area contributed by atoms with E-state index < -0.39 is 5.97 Å². The average Bonchev–Trinajstić information content (AvgIpc) is 2.41. The molecular formula is C7H7BN2O3. The summed E-state index contributed by atoms with van der Waals surface area (Å²) in [5.41, 5.74) is 0.254. The third-order valence-corrected chi connectivity index (χ3v) is 1.74. The standard InChI is InChI=1S/C7H7BN2O3/c1-4-6(7(12)13)9-5(2-11)10(4)3-8/h2H,3H2,1H3,(H,12,13). The Bertz CT molecular complexity index is 359. The number of carbonyl (C=O) groups is 2. The van der Waals surface area contributed by atoms with Crippen LogP contribution in [0.25, 0.3) is 0 Å². The highest BCUT2D eigenvalue weighted by molar-refractivity contribution is 6.07. The molecule has 0 unspecified atom stereocenters. The van der Waals surface area contributed by atoms with E-state index in [1.54, 1.807) is 6.92 Å². The van der Waals surface area contributed by atoms with Crippen molar-refractivity contribution < 1.29 is 14.7 Å². The van der Waals surface area contributed by atoms with Crippen molar-refractivity contribution in [2.75, 3.05) is 0 Å². The molecule has 2 radical (unpaired) electrons. The number of rotatable bonds is 3. The summed E-state index contributed by atoms with van der Waals surface area (Å²) < 4.78 is 1.34. The zero-order valence-electron chi connectivity index (χ0n) is 7.02. The quantitative estimate of drug-likeness (QED) is 0.515. The number of carboxylic acid groups (broad SMARTS) is 1. The van der Waals surface area contributed by atoms with E-state index in [1.807, 2.05) is 0 Å². The van der Waals surface area contributed by atoms with Crippen molar-refractivity contribution in [1.29, 1.82) is 0 Å². The maximum absolute atomic E-state index is 10.6. The van der Waals surface area contributed by atoms with Gasteiger partial charge in [0, 0.05) is 5.69 Å². The van der Waals surface area contributed by atoms with Crippen molar-refractivity contribution in [2.45, 2.75) is 13.4 Å². The Labute approximate surface area is 75.8 Å². The lowest BCUT2D eigenvalue weighted by atomic mass is 10.1. The smallest absolute Gasteiger partial charge is 0.356 e. The first-order chi connectivity index (χ1) is 6.11. The summed E-state index contributed by atoms with van der Waals surface area (Å²) >= 11 is 0. The van der Waals surface area contributed by atoms with E-state index >= 15 is 0 Å². The van der Waals surface area contributed by atoms with Crippen LogP contribution in [0.5, 0.6) is 0 Å². The Morgan fingerprint density at radius 3 is 2.69 bits per heavy atom. The zero-order valence-corrected chi connectivity index (χ0v) is 7.02. The summed E-state index contributed by atoms with van der Waals surface area (Å²) in [6.45, 7) is 1.55. The summed E-state index contributed by atoms with van der Waals surface area (Å²) in [6.07, 6.45) is 0.520. The van der Waals surface area contributed by atoms with Gasteiger partial charge in [-0.25, -0.2) is 9.78 Å². The van der Waals surface area contributed by atoms with Gasteiger partial charge < -0.3 is 9.67 Å². The van der Waals surface area contributed by atoms with Crippen molar-refractivity contribution in [3.63, 3.8) is 0 Å². The maximum atomic E-state index is 10.6. The molecule has 0 amide bonds. The Balaban J connectivity index is 3.34. The molecule has 0 saturated carbocycles. The number of carbonyl (C=O) groups excluding carboxylic acids is 1. The van der Waals surface area contributed by atoms with E-state index in [9.17, 15) is 9.59 Å². The summed E-state index contributed by atoms with van der Waals surface area (Å²) in [4.78, 5) is 24.6. The number of hydrogen-bond acceptors (Lipinski definition) is 3. The Hall–Kier alpha value is -1.59. The van der Waals surface area contributed by atoms with Gasteiger partial charge in [0.15, 0.2) is 17.8 Å². The highest BCUT2D eigenvalue weighted by Gasteiger charge is 2.16. The minimum absolute atomic E-state index is 0.0393. The van der Waals surface area contributed by atoms with E-state index in [1.165, 1.54) is 4.57 Å². The van der Waals surface area contributed by atoms with Crippen molar-refractivity contribution in [3.8, 4) is 0 Å². The topological polar surface area (TPSA) is 72.2 Å². The molecule has 1 heterocycles. The molecule has 0 bridgehead atoms. The van der Waals surface area contributed by atoms with Gasteiger partial charge in [-0.3, -0.25) is 4.79 Å². The molecule has 0 spiro atoms. The molecule has 1 N–H and O–H groups in total. The van der Waals surface area contributed by atoms with Crippen LogP contribution >= 0.6 is 0 Å². The van der Waals surface area contributed by atoms with Crippen molar-refractivity contribution in [2.24, 2.45) is 0 Å². The monoisotopic (exact) mass is 178 g/mol. The van der Waals surface area contributed by atoms with Crippen LogP contribution in [0.3, 0.4) is 0 Å². The predicted molar refractivity (Wildman–Crippen MR) is 45.1 cm³/mol. The van der Waals surface area contributed by atoms with E-state index in [0.717, 1.165) is 0 Å². The molecule has 0 aliphatic carbocycles. The summed E-state index contributed by atoms with van der Waals surface area (Å²) in [6, 6.07) is 0. The lowest BCUT2D eigenvalue weighted by molar-refractivity contribution is 0.0690. The SMILES string of the molecule is [B]Cn1c(C=O)nc(C(=O)O)c1C. The highest BCUT2D eigenvalue weighted by Crippen LogP contribution is 2.08. The van der Waals surface area contributed by atoms with Crippen molar-refractivity contribution in [1.82, 2.24) is 9.55 Å². The summed E-state index contributed by atoms with van der Waals surface area (Å²) in [5, 5.41) is 8.66. The average molecular weight is 178 g/mol. The molecule has 0 saturated heterocycles. The molecule has 0 aliphatic heterocycles. The van der Waals surface area contributed by atoms with Gasteiger partial charge in [-0.2, -0.15) is 0 Å². The number of carboxylic acids is 1. The fraction of sp³-hybridized carbons (Fsp3) is 0.286. The number of aromatic nitrogens is 2. The van der Waals surface area contributed by atoms with Crippen molar-refractivity contribution in [3.05, 3.63) is 17.2 Å². The lowest BCUT2D eigenvalue weighted by Crippen LogP contribution is -2.05. The third-order valence-electron chi connectivity index (χ3n) is 1.74. The molecular weight excluding hydrogens is 171 g/mol. The van der Waals surface area contributed by atoms with Gasteiger partial charge in [-0.1, -0.05) is 0 Å². The Morgan fingerprint density at radius 2 is 2.38 bits per heavy atom. The molecule has 5 nitrogen and oxygen atoms in total. The van der Waals surface area contributed by atoms with Gasteiger partial charge in [0.25, 0.3) is 0 Å². The number of aldehydes is 1. The summed E-state index contributed by atoms with van der Waals surface area (Å²) in [7, 11) is 5.31. The van der Waals surface area contributed by atoms with Crippen LogP contribution in [0.15, 0.2) is 0 Å². The molecule has 0 aromatic carbocycles. The summed E-state index contributed by atoms with van der Waals surface area (Å²) in [5.74, 6) is -1.12. The van der Waals surface area contributed by atoms with Gasteiger partial charge in [0.2, 0.25) is 0 Å². The predicted octanol–water partition coefficient (Wildman–Crippen LogP) is -0.172. The van der Waals surface area contributed by atoms with Crippen LogP contribution in [0.2, 0.25) is 0 Å². The van der Waals surface area contributed by atoms with E-state index in [4.69, 9.17) is 13.0 Å². The lowest BCUT2D eigenvalue weighted by Gasteiger charge is -2.01. The van der Waals surface area contributed by atoms with Crippen molar-refractivity contribution >= 4 is 20.1 Å². The number of hydrogen-bond donors (Lipinski definition) is 1. The Morgan fingerprint density at radius 1 is 1.77 bits per heavy atom. The second-order valence-corrected chi connectivity index (χ2v) is 2.44. The first-order valence-electron chi connectivity index (χ1n) is 3.57. The first kappa shape index (κ1) is 9.50. The molecule has 6 heteroatoms. The maximum Gasteiger partial charge on any atom is 0.356 e. The first-order valence-corrected chi connectivity index (χ1v) is 3.57. The largest absolute Gasteiger partial charge is 0.476 e. The van der Waals surface area contributed by atoms with Gasteiger partial charge in [0.1, 0.15) is 0 Å². The molecule has 0 atom stereocenters. The van der Waals surface area contributed by atoms with Gasteiger partial charge in [0.05, 0.1) is 7.85 Å². The normalized spacial score (nSPS) is 9.92. The third kappa shape index (κ3) is 1.47. The number of aromatic carboxylic acids is 1. The second kappa shape index (κ2) is 3.43. The molecule has 1 aromatic heterocycles. The second-order valence-electron chi connectivity index (χ2n) is 2.44. The number of nitrogens with zero attached hydrogens (tertiary/aromatic N) is 2. The van der Waals surface area contributed by atoms with E-state index in [-0.39, 0.29) is 18.0 Å². The zero-order chi connectivity index (χ0) is 10.0. The highest BCUT2D eigenvalue weighted by atomic mass is 16.4. The van der Waals surface area contributed by atoms with Gasteiger partial charge in [-0.15, -0.1) is 0 Å². The molecule has 0 fully saturated rings. The molecule has 13 heavy (non-hydrogen) atoms. The van der Waals surface area contributed by atoms with Crippen LogP contribution in [0, 0.1) is 6.92 Å². The van der Waals surface area contributed by atoms with Crippen LogP contribution in [-0.4, -0.2) is 34.8 Å².